The van der Waals surface area contributed by atoms with Gasteiger partial charge in [0.25, 0.3) is 5.91 Å². The smallest absolute Gasteiger partial charge is 0.251 e. The van der Waals surface area contributed by atoms with Crippen LogP contribution >= 0.6 is 11.6 Å². The topological polar surface area (TPSA) is 76.2 Å². The van der Waals surface area contributed by atoms with Gasteiger partial charge >= 0.3 is 0 Å². The molecule has 0 fully saturated rings. The Morgan fingerprint density at radius 1 is 1.00 bits per heavy atom. The quantitative estimate of drug-likeness (QED) is 0.418. The van der Waals surface area contributed by atoms with E-state index < -0.39 is 0 Å². The van der Waals surface area contributed by atoms with E-state index >= 15 is 0 Å². The van der Waals surface area contributed by atoms with Gasteiger partial charge in [-0.2, -0.15) is 5.10 Å². The third kappa shape index (κ3) is 4.71. The van der Waals surface area contributed by atoms with Gasteiger partial charge in [0.2, 0.25) is 0 Å². The SMILES string of the molecule is O=C(NCCc1cccc(Cl)c1)c1ccc(-c2cc(-c3cccc4c3OCCO4)[nH]n2)cc1. The van der Waals surface area contributed by atoms with Crippen LogP contribution in [0.1, 0.15) is 15.9 Å². The Hall–Kier alpha value is -3.77. The largest absolute Gasteiger partial charge is 0.486 e. The van der Waals surface area contributed by atoms with Gasteiger partial charge < -0.3 is 14.8 Å². The predicted octanol–water partition coefficient (Wildman–Crippen LogP) is 5.14. The number of fused-ring (bicyclic) bond motifs is 1. The van der Waals surface area contributed by atoms with Crippen molar-refractivity contribution < 1.29 is 14.3 Å². The van der Waals surface area contributed by atoms with Gasteiger partial charge in [-0.1, -0.05) is 41.9 Å². The summed E-state index contributed by atoms with van der Waals surface area (Å²) in [5.41, 5.74) is 5.13. The number of carbonyl (C=O) groups is 1. The molecule has 1 amide bonds. The Morgan fingerprint density at radius 2 is 1.82 bits per heavy atom. The van der Waals surface area contributed by atoms with Crippen LogP contribution in [0.2, 0.25) is 5.02 Å². The Labute approximate surface area is 196 Å². The van der Waals surface area contributed by atoms with Gasteiger partial charge in [0, 0.05) is 28.3 Å². The van der Waals surface area contributed by atoms with Crippen LogP contribution < -0.4 is 14.8 Å². The molecule has 166 valence electrons. The summed E-state index contributed by atoms with van der Waals surface area (Å²) in [4.78, 5) is 12.5. The van der Waals surface area contributed by atoms with E-state index in [-0.39, 0.29) is 5.91 Å². The standard InChI is InChI=1S/C26H22ClN3O3/c27-20-4-1-3-17(15-20)11-12-28-26(31)19-9-7-18(8-10-19)22-16-23(30-29-22)21-5-2-6-24-25(21)33-14-13-32-24/h1-10,15-16H,11-14H2,(H,28,31)(H,29,30). The number of ether oxygens (including phenoxy) is 2. The Bertz CT molecular complexity index is 1280. The lowest BCUT2D eigenvalue weighted by atomic mass is 10.1. The Morgan fingerprint density at radius 3 is 2.67 bits per heavy atom. The van der Waals surface area contributed by atoms with E-state index in [9.17, 15) is 4.79 Å². The van der Waals surface area contributed by atoms with Crippen LogP contribution in [-0.2, 0) is 6.42 Å². The molecule has 1 aliphatic heterocycles. The molecule has 6 nitrogen and oxygen atoms in total. The zero-order valence-electron chi connectivity index (χ0n) is 17.8. The van der Waals surface area contributed by atoms with Gasteiger partial charge in [-0.15, -0.1) is 0 Å². The minimum Gasteiger partial charge on any atom is -0.486 e. The van der Waals surface area contributed by atoms with E-state index in [1.807, 2.05) is 60.7 Å². The lowest BCUT2D eigenvalue weighted by Gasteiger charge is -2.20. The van der Waals surface area contributed by atoms with Gasteiger partial charge in [-0.25, -0.2) is 0 Å². The van der Waals surface area contributed by atoms with E-state index in [2.05, 4.69) is 15.5 Å². The van der Waals surface area contributed by atoms with Crippen molar-refractivity contribution in [2.45, 2.75) is 6.42 Å². The molecule has 0 atom stereocenters. The summed E-state index contributed by atoms with van der Waals surface area (Å²) in [7, 11) is 0. The molecule has 4 aromatic rings. The van der Waals surface area contributed by atoms with E-state index in [1.165, 1.54) is 0 Å². The van der Waals surface area contributed by atoms with Crippen LogP contribution in [0.4, 0.5) is 0 Å². The fourth-order valence-electron chi connectivity index (χ4n) is 3.80. The molecule has 2 heterocycles. The van der Waals surface area contributed by atoms with Crippen molar-refractivity contribution in [3.05, 3.63) is 88.9 Å². The van der Waals surface area contributed by atoms with Crippen LogP contribution in [-0.4, -0.2) is 35.9 Å². The van der Waals surface area contributed by atoms with Crippen LogP contribution in [0.5, 0.6) is 11.5 Å². The Balaban J connectivity index is 1.25. The number of H-pyrrole nitrogens is 1. The second-order valence-electron chi connectivity index (χ2n) is 7.71. The number of hydrogen-bond acceptors (Lipinski definition) is 4. The highest BCUT2D eigenvalue weighted by molar-refractivity contribution is 6.30. The number of aromatic amines is 1. The molecule has 0 spiro atoms. The molecular weight excluding hydrogens is 438 g/mol. The first kappa shape index (κ1) is 21.1. The number of benzene rings is 3. The molecule has 1 aliphatic rings. The zero-order valence-corrected chi connectivity index (χ0v) is 18.6. The van der Waals surface area contributed by atoms with Crippen molar-refractivity contribution in [1.82, 2.24) is 15.5 Å². The first-order valence-corrected chi connectivity index (χ1v) is 11.1. The van der Waals surface area contributed by atoms with E-state index in [0.717, 1.165) is 46.0 Å². The van der Waals surface area contributed by atoms with Crippen LogP contribution in [0.3, 0.4) is 0 Å². The molecule has 0 bridgehead atoms. The normalized spacial score (nSPS) is 12.4. The third-order valence-electron chi connectivity index (χ3n) is 5.47. The van der Waals surface area contributed by atoms with Crippen LogP contribution in [0.25, 0.3) is 22.5 Å². The van der Waals surface area contributed by atoms with Gasteiger partial charge in [0.15, 0.2) is 11.5 Å². The molecule has 5 rings (SSSR count). The number of nitrogens with one attached hydrogen (secondary N) is 2. The Kier molecular flexibility index (Phi) is 6.00. The zero-order chi connectivity index (χ0) is 22.6. The van der Waals surface area contributed by atoms with Gasteiger partial charge in [0.05, 0.1) is 11.4 Å². The molecule has 0 saturated heterocycles. The second kappa shape index (κ2) is 9.38. The maximum Gasteiger partial charge on any atom is 0.251 e. The second-order valence-corrected chi connectivity index (χ2v) is 8.15. The molecule has 3 aromatic carbocycles. The van der Waals surface area contributed by atoms with Crippen molar-refractivity contribution in [1.29, 1.82) is 0 Å². The maximum absolute atomic E-state index is 12.5. The molecule has 0 radical (unpaired) electrons. The summed E-state index contributed by atoms with van der Waals surface area (Å²) in [5, 5.41) is 11.2. The lowest BCUT2D eigenvalue weighted by Crippen LogP contribution is -2.25. The first-order valence-electron chi connectivity index (χ1n) is 10.7. The average Bonchev–Trinajstić information content (AvgIpc) is 3.34. The molecule has 2 N–H and O–H groups in total. The highest BCUT2D eigenvalue weighted by atomic mass is 35.5. The number of hydrogen-bond donors (Lipinski definition) is 2. The molecule has 0 saturated carbocycles. The summed E-state index contributed by atoms with van der Waals surface area (Å²) >= 11 is 6.01. The number of aromatic nitrogens is 2. The molecule has 33 heavy (non-hydrogen) atoms. The highest BCUT2D eigenvalue weighted by Gasteiger charge is 2.18. The summed E-state index contributed by atoms with van der Waals surface area (Å²) in [5.74, 6) is 1.35. The monoisotopic (exact) mass is 459 g/mol. The highest BCUT2D eigenvalue weighted by Crippen LogP contribution is 2.39. The van der Waals surface area contributed by atoms with Crippen LogP contribution in [0.15, 0.2) is 72.8 Å². The van der Waals surface area contributed by atoms with E-state index in [0.29, 0.717) is 30.3 Å². The number of nitrogens with zero attached hydrogens (tertiary/aromatic N) is 1. The predicted molar refractivity (Wildman–Crippen MR) is 128 cm³/mol. The fraction of sp³-hybridized carbons (Fsp3) is 0.154. The molecular formula is C26H22ClN3O3. The number of para-hydroxylation sites is 1. The van der Waals surface area contributed by atoms with E-state index in [1.54, 1.807) is 12.1 Å². The summed E-state index contributed by atoms with van der Waals surface area (Å²) in [6.45, 7) is 1.61. The summed E-state index contributed by atoms with van der Waals surface area (Å²) < 4.78 is 11.5. The third-order valence-corrected chi connectivity index (χ3v) is 5.70. The van der Waals surface area contributed by atoms with Crippen molar-refractivity contribution in [2.24, 2.45) is 0 Å². The fourth-order valence-corrected chi connectivity index (χ4v) is 4.01. The van der Waals surface area contributed by atoms with Crippen molar-refractivity contribution >= 4 is 17.5 Å². The lowest BCUT2D eigenvalue weighted by molar-refractivity contribution is 0.0954. The van der Waals surface area contributed by atoms with E-state index in [4.69, 9.17) is 21.1 Å². The molecule has 0 unspecified atom stereocenters. The maximum atomic E-state index is 12.5. The first-order chi connectivity index (χ1) is 16.2. The van der Waals surface area contributed by atoms with Crippen molar-refractivity contribution in [3.8, 4) is 34.0 Å². The summed E-state index contributed by atoms with van der Waals surface area (Å²) in [6.07, 6.45) is 0.721. The van der Waals surface area contributed by atoms with Crippen molar-refractivity contribution in [2.75, 3.05) is 19.8 Å². The molecule has 1 aromatic heterocycles. The number of rotatable bonds is 6. The minimum atomic E-state index is -0.112. The van der Waals surface area contributed by atoms with Crippen molar-refractivity contribution in [3.63, 3.8) is 0 Å². The number of carbonyl (C=O) groups excluding carboxylic acids is 1. The van der Waals surface area contributed by atoms with Gasteiger partial charge in [-0.3, -0.25) is 9.89 Å². The minimum absolute atomic E-state index is 0.112. The average molecular weight is 460 g/mol. The molecule has 0 aliphatic carbocycles. The molecule has 7 heteroatoms. The number of halogens is 1. The van der Waals surface area contributed by atoms with Gasteiger partial charge in [0.1, 0.15) is 13.2 Å². The summed E-state index contributed by atoms with van der Waals surface area (Å²) in [6, 6.07) is 22.8. The number of amides is 1. The van der Waals surface area contributed by atoms with Crippen LogP contribution in [0, 0.1) is 0 Å². The van der Waals surface area contributed by atoms with Gasteiger partial charge in [-0.05, 0) is 54.4 Å².